The number of anilines is 1. The number of nitrogens with one attached hydrogen (secondary N) is 1. The van der Waals surface area contributed by atoms with Gasteiger partial charge >= 0.3 is 0 Å². The van der Waals surface area contributed by atoms with Crippen LogP contribution in [0.3, 0.4) is 0 Å². The number of hydrazone groups is 1. The van der Waals surface area contributed by atoms with Gasteiger partial charge in [0.15, 0.2) is 0 Å². The minimum atomic E-state index is -0.403. The molecule has 0 fully saturated rings. The Morgan fingerprint density at radius 3 is 2.21 bits per heavy atom. The van der Waals surface area contributed by atoms with Gasteiger partial charge in [-0.05, 0) is 23.3 Å². The van der Waals surface area contributed by atoms with Crippen LogP contribution in [-0.2, 0) is 0 Å². The Bertz CT molecular complexity index is 1140. The van der Waals surface area contributed by atoms with Crippen LogP contribution in [0.1, 0.15) is 5.56 Å². The van der Waals surface area contributed by atoms with E-state index in [2.05, 4.69) is 10.5 Å². The molecule has 0 atom stereocenters. The van der Waals surface area contributed by atoms with Gasteiger partial charge in [0, 0.05) is 17.7 Å². The van der Waals surface area contributed by atoms with E-state index in [0.717, 1.165) is 27.3 Å². The first kappa shape index (κ1) is 18.5. The lowest BCUT2D eigenvalue weighted by Gasteiger charge is -2.02. The third kappa shape index (κ3) is 4.36. The van der Waals surface area contributed by atoms with E-state index in [1.165, 1.54) is 23.5 Å². The topological polar surface area (TPSA) is 80.4 Å². The van der Waals surface area contributed by atoms with Gasteiger partial charge in [0.05, 0.1) is 21.7 Å². The number of hydrogen-bond acceptors (Lipinski definition) is 6. The summed E-state index contributed by atoms with van der Waals surface area (Å²) < 4.78 is 0. The molecule has 4 rings (SSSR count). The highest BCUT2D eigenvalue weighted by atomic mass is 32.1. The predicted molar refractivity (Wildman–Crippen MR) is 117 cm³/mol. The Morgan fingerprint density at radius 1 is 0.897 bits per heavy atom. The van der Waals surface area contributed by atoms with Gasteiger partial charge in [-0.3, -0.25) is 15.5 Å². The van der Waals surface area contributed by atoms with Gasteiger partial charge in [0.2, 0.25) is 5.13 Å². The second kappa shape index (κ2) is 8.45. The minimum Gasteiger partial charge on any atom is -0.258 e. The second-order valence-electron chi connectivity index (χ2n) is 6.15. The molecule has 0 saturated heterocycles. The van der Waals surface area contributed by atoms with Crippen LogP contribution in [0.4, 0.5) is 10.8 Å². The molecule has 0 aliphatic rings. The molecule has 1 heterocycles. The number of aromatic nitrogens is 1. The zero-order chi connectivity index (χ0) is 20.1. The molecule has 29 heavy (non-hydrogen) atoms. The van der Waals surface area contributed by atoms with Crippen molar-refractivity contribution in [2.45, 2.75) is 0 Å². The molecule has 0 unspecified atom stereocenters. The van der Waals surface area contributed by atoms with E-state index in [4.69, 9.17) is 4.98 Å². The van der Waals surface area contributed by atoms with E-state index < -0.39 is 4.92 Å². The zero-order valence-electron chi connectivity index (χ0n) is 15.2. The van der Waals surface area contributed by atoms with E-state index >= 15 is 0 Å². The summed E-state index contributed by atoms with van der Waals surface area (Å²) in [5.74, 6) is 0. The Labute approximate surface area is 171 Å². The Kier molecular flexibility index (Phi) is 5.40. The number of nitro groups is 1. The number of hydrogen-bond donors (Lipinski definition) is 1. The molecule has 1 aromatic heterocycles. The van der Waals surface area contributed by atoms with Crippen LogP contribution in [0, 0.1) is 10.1 Å². The first-order valence-electron chi connectivity index (χ1n) is 8.86. The summed E-state index contributed by atoms with van der Waals surface area (Å²) in [5, 5.41) is 15.9. The van der Waals surface area contributed by atoms with E-state index in [9.17, 15) is 10.1 Å². The SMILES string of the molecule is O=[N+]([O-])c1ccc(-c2sc(N/N=C\c3ccccc3)nc2-c2ccccc2)cc1. The Morgan fingerprint density at radius 2 is 1.55 bits per heavy atom. The first-order chi connectivity index (χ1) is 14.2. The van der Waals surface area contributed by atoms with Crippen LogP contribution in [0.15, 0.2) is 90.0 Å². The largest absolute Gasteiger partial charge is 0.269 e. The van der Waals surface area contributed by atoms with Gasteiger partial charge in [-0.1, -0.05) is 72.0 Å². The van der Waals surface area contributed by atoms with Crippen molar-refractivity contribution in [2.24, 2.45) is 5.10 Å². The van der Waals surface area contributed by atoms with Crippen LogP contribution >= 0.6 is 11.3 Å². The molecule has 4 aromatic rings. The van der Waals surface area contributed by atoms with Gasteiger partial charge in [-0.2, -0.15) is 5.10 Å². The summed E-state index contributed by atoms with van der Waals surface area (Å²) >= 11 is 1.45. The van der Waals surface area contributed by atoms with Crippen molar-refractivity contribution in [3.05, 3.63) is 101 Å². The van der Waals surface area contributed by atoms with Crippen molar-refractivity contribution in [2.75, 3.05) is 5.43 Å². The second-order valence-corrected chi connectivity index (χ2v) is 7.15. The smallest absolute Gasteiger partial charge is 0.258 e. The van der Waals surface area contributed by atoms with Gasteiger partial charge in [0.25, 0.3) is 5.69 Å². The van der Waals surface area contributed by atoms with E-state index in [0.29, 0.717) is 5.13 Å². The van der Waals surface area contributed by atoms with Crippen molar-refractivity contribution in [3.8, 4) is 21.7 Å². The fraction of sp³-hybridized carbons (Fsp3) is 0. The average molecular weight is 400 g/mol. The number of nitro benzene ring substituents is 1. The van der Waals surface area contributed by atoms with Crippen molar-refractivity contribution in [3.63, 3.8) is 0 Å². The molecule has 0 bridgehead atoms. The molecular weight excluding hydrogens is 384 g/mol. The lowest BCUT2D eigenvalue weighted by Crippen LogP contribution is -1.90. The van der Waals surface area contributed by atoms with Gasteiger partial charge < -0.3 is 0 Å². The number of thiazole rings is 1. The molecular formula is C22H16N4O2S. The molecule has 0 aliphatic heterocycles. The lowest BCUT2D eigenvalue weighted by atomic mass is 10.1. The van der Waals surface area contributed by atoms with Gasteiger partial charge in [-0.15, -0.1) is 0 Å². The Hall–Kier alpha value is -3.84. The third-order valence-corrected chi connectivity index (χ3v) is 5.20. The summed E-state index contributed by atoms with van der Waals surface area (Å²) in [6, 6.07) is 26.1. The highest BCUT2D eigenvalue weighted by Crippen LogP contribution is 2.39. The summed E-state index contributed by atoms with van der Waals surface area (Å²) in [6.07, 6.45) is 1.73. The van der Waals surface area contributed by atoms with Crippen molar-refractivity contribution >= 4 is 28.4 Å². The molecule has 0 saturated carbocycles. The average Bonchev–Trinajstić information content (AvgIpc) is 3.19. The molecule has 3 aromatic carbocycles. The monoisotopic (exact) mass is 400 g/mol. The molecule has 142 valence electrons. The summed E-state index contributed by atoms with van der Waals surface area (Å²) in [6.45, 7) is 0. The fourth-order valence-corrected chi connectivity index (χ4v) is 3.73. The summed E-state index contributed by atoms with van der Waals surface area (Å²) in [4.78, 5) is 16.2. The third-order valence-electron chi connectivity index (χ3n) is 4.19. The van der Waals surface area contributed by atoms with Crippen LogP contribution in [-0.4, -0.2) is 16.1 Å². The van der Waals surface area contributed by atoms with Crippen LogP contribution < -0.4 is 5.43 Å². The lowest BCUT2D eigenvalue weighted by molar-refractivity contribution is -0.384. The first-order valence-corrected chi connectivity index (χ1v) is 9.67. The van der Waals surface area contributed by atoms with Gasteiger partial charge in [0.1, 0.15) is 0 Å². The van der Waals surface area contributed by atoms with Crippen LogP contribution in [0.25, 0.3) is 21.7 Å². The van der Waals surface area contributed by atoms with Crippen LogP contribution in [0.2, 0.25) is 0 Å². The number of rotatable bonds is 6. The molecule has 0 spiro atoms. The highest BCUT2D eigenvalue weighted by Gasteiger charge is 2.16. The maximum atomic E-state index is 10.9. The number of non-ortho nitro benzene ring substituents is 1. The molecule has 1 N–H and O–H groups in total. The molecule has 6 nitrogen and oxygen atoms in total. The Balaban J connectivity index is 1.67. The van der Waals surface area contributed by atoms with Crippen molar-refractivity contribution in [1.82, 2.24) is 4.98 Å². The van der Waals surface area contributed by atoms with E-state index in [-0.39, 0.29) is 5.69 Å². The van der Waals surface area contributed by atoms with Gasteiger partial charge in [-0.25, -0.2) is 4.98 Å². The predicted octanol–water partition coefficient (Wildman–Crippen LogP) is 5.83. The van der Waals surface area contributed by atoms with E-state index in [1.54, 1.807) is 18.3 Å². The molecule has 7 heteroatoms. The molecule has 0 radical (unpaired) electrons. The maximum Gasteiger partial charge on any atom is 0.269 e. The van der Waals surface area contributed by atoms with Crippen molar-refractivity contribution < 1.29 is 4.92 Å². The minimum absolute atomic E-state index is 0.0605. The summed E-state index contributed by atoms with van der Waals surface area (Å²) in [7, 11) is 0. The molecule has 0 aliphatic carbocycles. The standard InChI is InChI=1S/C22H16N4O2S/c27-26(28)19-13-11-18(12-14-19)21-20(17-9-5-2-6-10-17)24-22(29-21)25-23-15-16-7-3-1-4-8-16/h1-15H,(H,24,25)/b23-15-. The number of benzene rings is 3. The highest BCUT2D eigenvalue weighted by molar-refractivity contribution is 7.19. The quantitative estimate of drug-likeness (QED) is 0.251. The number of nitrogens with zero attached hydrogens (tertiary/aromatic N) is 3. The van der Waals surface area contributed by atoms with E-state index in [1.807, 2.05) is 60.7 Å². The van der Waals surface area contributed by atoms with Crippen molar-refractivity contribution in [1.29, 1.82) is 0 Å². The maximum absolute atomic E-state index is 10.9. The molecule has 0 amide bonds. The zero-order valence-corrected chi connectivity index (χ0v) is 16.0. The van der Waals surface area contributed by atoms with Crippen LogP contribution in [0.5, 0.6) is 0 Å². The fourth-order valence-electron chi connectivity index (χ4n) is 2.79. The summed E-state index contributed by atoms with van der Waals surface area (Å²) in [5.41, 5.74) is 6.68. The normalized spacial score (nSPS) is 10.9.